The molecule has 0 bridgehead atoms. The Morgan fingerprint density at radius 3 is 2.34 bits per heavy atom. The molecule has 3 heterocycles. The predicted molar refractivity (Wildman–Crippen MR) is 228 cm³/mol. The van der Waals surface area contributed by atoms with Gasteiger partial charge in [0.05, 0.1) is 27.4 Å². The molecule has 0 radical (unpaired) electrons. The van der Waals surface area contributed by atoms with Gasteiger partial charge in [-0.1, -0.05) is 95.7 Å². The van der Waals surface area contributed by atoms with E-state index < -0.39 is 84.6 Å². The quantitative estimate of drug-likeness (QED) is 0.0306. The van der Waals surface area contributed by atoms with Crippen LogP contribution in [0.3, 0.4) is 0 Å². The van der Waals surface area contributed by atoms with Gasteiger partial charge in [-0.25, -0.2) is 19.3 Å². The summed E-state index contributed by atoms with van der Waals surface area (Å²) < 4.78 is 60.7. The number of imidazole rings is 1. The number of anilines is 1. The number of hydrogen-bond donors (Lipinski definition) is 5. The molecule has 2 aromatic rings. The maximum atomic E-state index is 12.6. The van der Waals surface area contributed by atoms with Crippen LogP contribution in [0.2, 0.25) is 0 Å². The van der Waals surface area contributed by atoms with Crippen LogP contribution in [0.4, 0.5) is 5.82 Å². The van der Waals surface area contributed by atoms with Gasteiger partial charge in [-0.3, -0.25) is 28.1 Å². The van der Waals surface area contributed by atoms with Gasteiger partial charge < -0.3 is 69.0 Å². The van der Waals surface area contributed by atoms with Crippen molar-refractivity contribution in [3.05, 3.63) is 37.0 Å². The molecule has 24 nitrogen and oxygen atoms in total. The topological polar surface area (TPSA) is 375 Å². The Kier molecular flexibility index (Phi) is 23.5. The number of aliphatic hydroxyl groups excluding tert-OH is 2. The van der Waals surface area contributed by atoms with Crippen molar-refractivity contribution in [2.45, 2.75) is 122 Å². The number of hydrogen-bond acceptors (Lipinski definition) is 22. The van der Waals surface area contributed by atoms with Crippen LogP contribution in [0.25, 0.3) is 11.2 Å². The number of nitrogens with one attached hydrogen (secondary N) is 2. The number of thioether (sulfide) groups is 1. The molecule has 3 rings (SSSR count). The fourth-order valence-electron chi connectivity index (χ4n) is 6.16. The van der Waals surface area contributed by atoms with Crippen molar-refractivity contribution in [3.63, 3.8) is 0 Å². The first-order valence-corrected chi connectivity index (χ1v) is 26.2. The normalized spacial score (nSPS) is 20.6. The van der Waals surface area contributed by atoms with Gasteiger partial charge in [0.25, 0.3) is 15.6 Å². The largest absolute Gasteiger partial charge is 0.790 e. The lowest BCUT2D eigenvalue weighted by Crippen LogP contribution is -2.46. The van der Waals surface area contributed by atoms with E-state index in [0.29, 0.717) is 12.2 Å². The van der Waals surface area contributed by atoms with E-state index in [2.05, 4.69) is 56.5 Å². The Morgan fingerprint density at radius 2 is 1.65 bits per heavy atom. The Labute approximate surface area is 381 Å². The molecule has 1 aliphatic rings. The second kappa shape index (κ2) is 27.1. The predicted octanol–water partition coefficient (Wildman–Crippen LogP) is 1.17. The third kappa shape index (κ3) is 20.4. The van der Waals surface area contributed by atoms with Crippen LogP contribution in [-0.2, 0) is 50.7 Å². The minimum atomic E-state index is -5.92. The van der Waals surface area contributed by atoms with Gasteiger partial charge in [0.2, 0.25) is 16.9 Å². The summed E-state index contributed by atoms with van der Waals surface area (Å²) in [5, 5.41) is 26.2. The molecule has 0 saturated carbocycles. The molecular formula is C37H58N7O17P3S-4. The Bertz CT molecular complexity index is 2050. The van der Waals surface area contributed by atoms with E-state index in [1.807, 2.05) is 6.08 Å². The van der Waals surface area contributed by atoms with Gasteiger partial charge >= 0.3 is 0 Å². The van der Waals surface area contributed by atoms with Crippen molar-refractivity contribution in [1.29, 1.82) is 0 Å². The molecule has 1 fully saturated rings. The van der Waals surface area contributed by atoms with Crippen LogP contribution in [0, 0.1) is 5.41 Å². The van der Waals surface area contributed by atoms with Gasteiger partial charge in [-0.05, 0) is 25.3 Å². The number of carbonyl (C=O) groups is 3. The van der Waals surface area contributed by atoms with Crippen molar-refractivity contribution in [1.82, 2.24) is 30.2 Å². The summed E-state index contributed by atoms with van der Waals surface area (Å²) in [6.45, 7) is 2.30. The van der Waals surface area contributed by atoms with Gasteiger partial charge in [0, 0.05) is 30.7 Å². The van der Waals surface area contributed by atoms with Gasteiger partial charge in [0.15, 0.2) is 17.7 Å². The molecule has 1 aliphatic heterocycles. The number of carbonyl (C=O) groups excluding carboxylic acids is 3. The number of rotatable bonds is 31. The number of allylic oxidation sites excluding steroid dienone is 3. The fraction of sp³-hybridized carbons (Fsp3) is 0.676. The molecule has 2 amide bonds. The van der Waals surface area contributed by atoms with Gasteiger partial charge in [0.1, 0.15) is 36.3 Å². The van der Waals surface area contributed by atoms with Crippen molar-refractivity contribution >= 4 is 69.1 Å². The number of nitrogen functional groups attached to an aromatic ring is 1. The van der Waals surface area contributed by atoms with E-state index in [1.165, 1.54) is 64.9 Å². The number of phosphoric acid groups is 3. The lowest BCUT2D eigenvalue weighted by Gasteiger charge is -2.36. The van der Waals surface area contributed by atoms with Crippen molar-refractivity contribution in [2.75, 3.05) is 37.8 Å². The summed E-state index contributed by atoms with van der Waals surface area (Å²) >= 11 is 1.03. The highest BCUT2D eigenvalue weighted by Crippen LogP contribution is 2.56. The van der Waals surface area contributed by atoms with Crippen molar-refractivity contribution < 1.29 is 80.5 Å². The monoisotopic (exact) mass is 997 g/mol. The zero-order valence-electron chi connectivity index (χ0n) is 36.3. The summed E-state index contributed by atoms with van der Waals surface area (Å²) in [5.74, 6) is -1.24. The Morgan fingerprint density at radius 1 is 0.969 bits per heavy atom. The zero-order valence-corrected chi connectivity index (χ0v) is 39.8. The molecule has 1 saturated heterocycles. The summed E-state index contributed by atoms with van der Waals surface area (Å²) in [6, 6.07) is 0. The lowest BCUT2D eigenvalue weighted by atomic mass is 9.87. The first-order chi connectivity index (χ1) is 30.6. The first-order valence-electron chi connectivity index (χ1n) is 20.9. The second-order valence-corrected chi connectivity index (χ2v) is 20.7. The SMILES string of the molecule is CCCCCCCCCC/C=C\C/C=C/C(=O)SCCNC(=O)CCNC(=O)[C@H](O)C(C)(C)COP(=O)([O-])OP(=O)([O-])OC[C@H]1O[C@@H](n2cnc3c(N)ncnc32)[C@H](O)[C@@H]1OP(=O)([O-])[O-]. The van der Waals surface area contributed by atoms with E-state index in [0.717, 1.165) is 41.8 Å². The summed E-state index contributed by atoms with van der Waals surface area (Å²) in [4.78, 5) is 96.6. The molecule has 7 atom stereocenters. The van der Waals surface area contributed by atoms with E-state index in [9.17, 15) is 57.9 Å². The number of fused-ring (bicyclic) bond motifs is 1. The van der Waals surface area contributed by atoms with Crippen molar-refractivity contribution in [2.24, 2.45) is 5.41 Å². The minimum absolute atomic E-state index is 0.0209. The summed E-state index contributed by atoms with van der Waals surface area (Å²) in [5.41, 5.74) is 4.08. The Hall–Kier alpha value is -2.96. The van der Waals surface area contributed by atoms with E-state index in [1.54, 1.807) is 6.08 Å². The maximum absolute atomic E-state index is 12.6. The van der Waals surface area contributed by atoms with Crippen molar-refractivity contribution in [3.8, 4) is 0 Å². The molecule has 2 unspecified atom stereocenters. The number of nitrogens with two attached hydrogens (primary N) is 1. The highest BCUT2D eigenvalue weighted by molar-refractivity contribution is 8.14. The first kappa shape index (κ1) is 56.4. The molecule has 368 valence electrons. The highest BCUT2D eigenvalue weighted by Gasteiger charge is 2.47. The standard InChI is InChI=1S/C37H62N7O17P3S/c1-4-5-6-7-8-9-10-11-12-13-14-15-16-17-28(46)65-21-20-39-27(45)18-19-40-35(49)32(48)37(2,3)23-58-64(55,56)61-63(53,54)57-22-26-31(60-62(50,51)52)30(47)36(59-26)44-25-43-29-33(38)41-24-42-34(29)44/h13-14,16-17,24-26,30-32,36,47-48H,4-12,15,18-23H2,1-3H3,(H,39,45)(H,40,49)(H,53,54)(H,55,56)(H2,38,41,42)(H2,50,51,52)/p-4/b14-13-,17-16+/t26-,30-,31-,32+,36-/m1/s1. The van der Waals surface area contributed by atoms with Crippen LogP contribution in [0.1, 0.15) is 97.6 Å². The van der Waals surface area contributed by atoms with Gasteiger partial charge in [-0.2, -0.15) is 0 Å². The maximum Gasteiger partial charge on any atom is 0.274 e. The molecule has 0 aliphatic carbocycles. The van der Waals surface area contributed by atoms with E-state index in [4.69, 9.17) is 10.5 Å². The van der Waals surface area contributed by atoms with E-state index >= 15 is 0 Å². The number of aromatic nitrogens is 4. The van der Waals surface area contributed by atoms with Crippen LogP contribution in [-0.4, -0.2) is 103 Å². The molecular weight excluding hydrogens is 939 g/mol. The third-order valence-electron chi connectivity index (χ3n) is 9.64. The van der Waals surface area contributed by atoms with Crippen LogP contribution < -0.4 is 35.9 Å². The zero-order chi connectivity index (χ0) is 48.3. The van der Waals surface area contributed by atoms with Crippen LogP contribution in [0.15, 0.2) is 37.0 Å². The highest BCUT2D eigenvalue weighted by atomic mass is 32.2. The van der Waals surface area contributed by atoms with Crippen LogP contribution >= 0.6 is 35.2 Å². The average molecular weight is 998 g/mol. The Balaban J connectivity index is 1.35. The molecule has 28 heteroatoms. The summed E-state index contributed by atoms with van der Waals surface area (Å²) in [6.07, 6.45) is 11.6. The average Bonchev–Trinajstić information content (AvgIpc) is 3.79. The summed E-state index contributed by atoms with van der Waals surface area (Å²) in [7, 11) is -17.6. The molecule has 65 heavy (non-hydrogen) atoms. The molecule has 6 N–H and O–H groups in total. The lowest BCUT2D eigenvalue weighted by molar-refractivity contribution is -0.347. The number of amides is 2. The second-order valence-electron chi connectivity index (χ2n) is 15.5. The number of phosphoric ester groups is 3. The number of nitrogens with zero attached hydrogens (tertiary/aromatic N) is 4. The molecule has 2 aromatic heterocycles. The molecule has 0 aromatic carbocycles. The number of unbranched alkanes of at least 4 members (excludes halogenated alkanes) is 8. The number of ether oxygens (including phenoxy) is 1. The van der Waals surface area contributed by atoms with E-state index in [-0.39, 0.29) is 41.6 Å². The number of aliphatic hydroxyl groups is 2. The minimum Gasteiger partial charge on any atom is -0.790 e. The third-order valence-corrected chi connectivity index (χ3v) is 13.5. The van der Waals surface area contributed by atoms with Gasteiger partial charge in [-0.15, -0.1) is 0 Å². The van der Waals surface area contributed by atoms with Crippen LogP contribution in [0.5, 0.6) is 0 Å². The molecule has 0 spiro atoms. The fourth-order valence-corrected chi connectivity index (χ4v) is 9.49. The smallest absolute Gasteiger partial charge is 0.274 e.